The van der Waals surface area contributed by atoms with Crippen LogP contribution in [0.5, 0.6) is 11.5 Å². The quantitative estimate of drug-likeness (QED) is 0.317. The summed E-state index contributed by atoms with van der Waals surface area (Å²) in [6, 6.07) is 14.5. The van der Waals surface area contributed by atoms with Gasteiger partial charge >= 0.3 is 6.18 Å². The maximum Gasteiger partial charge on any atom is 0.416 e. The van der Waals surface area contributed by atoms with Crippen molar-refractivity contribution in [2.45, 2.75) is 12.2 Å². The van der Waals surface area contributed by atoms with Gasteiger partial charge in [0.1, 0.15) is 17.3 Å². The van der Waals surface area contributed by atoms with Crippen molar-refractivity contribution in [2.24, 2.45) is 0 Å². The van der Waals surface area contributed by atoms with E-state index in [0.717, 1.165) is 29.2 Å². The van der Waals surface area contributed by atoms with E-state index >= 15 is 0 Å². The van der Waals surface area contributed by atoms with Gasteiger partial charge in [-0.25, -0.2) is 0 Å². The Kier molecular flexibility index (Phi) is 5.78. The van der Waals surface area contributed by atoms with Gasteiger partial charge in [0.25, 0.3) is 11.7 Å². The monoisotopic (exact) mass is 469 g/mol. The number of alkyl halides is 3. The average molecular weight is 469 g/mol. The second kappa shape index (κ2) is 8.58. The number of benzene rings is 3. The largest absolute Gasteiger partial charge is 0.508 e. The van der Waals surface area contributed by atoms with Crippen LogP contribution < -0.4 is 9.64 Å². The number of carbonyl (C=O) groups excluding carboxylic acids is 2. The second-order valence-electron chi connectivity index (χ2n) is 7.54. The number of phenolic OH excluding ortho intramolecular Hbond substituents is 1. The molecule has 1 aliphatic rings. The van der Waals surface area contributed by atoms with Crippen molar-refractivity contribution in [1.82, 2.24) is 0 Å². The number of anilines is 1. The number of carbonyl (C=O) groups is 2. The maximum absolute atomic E-state index is 13.1. The van der Waals surface area contributed by atoms with E-state index in [1.807, 2.05) is 0 Å². The smallest absolute Gasteiger partial charge is 0.416 e. The molecule has 34 heavy (non-hydrogen) atoms. The van der Waals surface area contributed by atoms with Gasteiger partial charge in [-0.2, -0.15) is 13.2 Å². The van der Waals surface area contributed by atoms with Gasteiger partial charge in [-0.1, -0.05) is 24.3 Å². The fraction of sp³-hybridized carbons (Fsp3) is 0.120. The Morgan fingerprint density at radius 3 is 2.26 bits per heavy atom. The molecule has 0 bridgehead atoms. The van der Waals surface area contributed by atoms with Crippen molar-refractivity contribution in [3.8, 4) is 11.5 Å². The van der Waals surface area contributed by atoms with Gasteiger partial charge in [-0.15, -0.1) is 0 Å². The van der Waals surface area contributed by atoms with Crippen LogP contribution in [0.25, 0.3) is 5.76 Å². The van der Waals surface area contributed by atoms with Gasteiger partial charge in [0.15, 0.2) is 0 Å². The van der Waals surface area contributed by atoms with Gasteiger partial charge in [0.2, 0.25) is 0 Å². The molecule has 3 aromatic carbocycles. The molecule has 1 amide bonds. The molecule has 9 heteroatoms. The minimum atomic E-state index is -4.58. The van der Waals surface area contributed by atoms with E-state index in [2.05, 4.69) is 0 Å². The van der Waals surface area contributed by atoms with Crippen molar-refractivity contribution in [2.75, 3.05) is 12.0 Å². The molecule has 1 saturated heterocycles. The predicted molar refractivity (Wildman–Crippen MR) is 117 cm³/mol. The minimum Gasteiger partial charge on any atom is -0.508 e. The molecule has 174 valence electrons. The molecular weight excluding hydrogens is 451 g/mol. The van der Waals surface area contributed by atoms with Crippen LogP contribution in [0.2, 0.25) is 0 Å². The molecular formula is C25H18F3NO5. The zero-order valence-corrected chi connectivity index (χ0v) is 17.7. The molecule has 0 saturated carbocycles. The topological polar surface area (TPSA) is 87.1 Å². The number of halogens is 3. The summed E-state index contributed by atoms with van der Waals surface area (Å²) < 4.78 is 44.2. The Hall–Kier alpha value is -4.27. The highest BCUT2D eigenvalue weighted by Crippen LogP contribution is 2.43. The van der Waals surface area contributed by atoms with Crippen LogP contribution in [0.15, 0.2) is 78.4 Å². The third-order valence-electron chi connectivity index (χ3n) is 5.45. The Bertz CT molecular complexity index is 1300. The third kappa shape index (κ3) is 4.07. The molecule has 1 aliphatic heterocycles. The Morgan fingerprint density at radius 1 is 0.971 bits per heavy atom. The van der Waals surface area contributed by atoms with E-state index in [1.165, 1.54) is 43.5 Å². The first kappa shape index (κ1) is 22.9. The third-order valence-corrected chi connectivity index (χ3v) is 5.45. The summed E-state index contributed by atoms with van der Waals surface area (Å²) in [5.41, 5.74) is -0.687. The van der Waals surface area contributed by atoms with Crippen LogP contribution in [0.3, 0.4) is 0 Å². The van der Waals surface area contributed by atoms with Gasteiger partial charge < -0.3 is 14.9 Å². The van der Waals surface area contributed by atoms with Crippen molar-refractivity contribution in [3.63, 3.8) is 0 Å². The molecule has 4 rings (SSSR count). The first-order valence-corrected chi connectivity index (χ1v) is 10.0. The number of aliphatic hydroxyl groups excluding tert-OH is 1. The number of phenols is 1. The van der Waals surface area contributed by atoms with E-state index in [9.17, 15) is 33.0 Å². The number of hydrogen-bond donors (Lipinski definition) is 2. The molecule has 1 fully saturated rings. The standard InChI is InChI=1S/C25H18F3NO5/c1-34-19-7-3-5-15(13-19)22(31)20-21(14-4-2-6-18(30)12-14)29(24(33)23(20)32)17-10-8-16(9-11-17)25(26,27)28/h2-13,21,30-31H,1H3/b22-20+. The summed E-state index contributed by atoms with van der Waals surface area (Å²) in [5.74, 6) is -2.29. The number of methoxy groups -OCH3 is 1. The Morgan fingerprint density at radius 2 is 1.65 bits per heavy atom. The SMILES string of the molecule is COc1cccc(/C(O)=C2\C(=O)C(=O)N(c3ccc(C(F)(F)F)cc3)C2c2cccc(O)c2)c1. The molecule has 0 radical (unpaired) electrons. The fourth-order valence-corrected chi connectivity index (χ4v) is 3.85. The van der Waals surface area contributed by atoms with Crippen LogP contribution in [0, 0.1) is 0 Å². The summed E-state index contributed by atoms with van der Waals surface area (Å²) in [7, 11) is 1.43. The lowest BCUT2D eigenvalue weighted by Gasteiger charge is -2.26. The average Bonchev–Trinajstić information content (AvgIpc) is 3.08. The van der Waals surface area contributed by atoms with E-state index in [1.54, 1.807) is 12.1 Å². The minimum absolute atomic E-state index is 0.0214. The number of Topliss-reactive ketones (excluding diaryl/α,β-unsaturated/α-hetero) is 1. The number of ketones is 1. The number of aromatic hydroxyl groups is 1. The molecule has 3 aromatic rings. The molecule has 1 unspecified atom stereocenters. The molecule has 0 spiro atoms. The highest BCUT2D eigenvalue weighted by atomic mass is 19.4. The number of ether oxygens (including phenoxy) is 1. The second-order valence-corrected chi connectivity index (χ2v) is 7.54. The van der Waals surface area contributed by atoms with Gasteiger partial charge in [-0.05, 0) is 54.1 Å². The first-order chi connectivity index (χ1) is 16.1. The summed E-state index contributed by atoms with van der Waals surface area (Å²) >= 11 is 0. The van der Waals surface area contributed by atoms with Crippen LogP contribution >= 0.6 is 0 Å². The van der Waals surface area contributed by atoms with Crippen LogP contribution in [-0.2, 0) is 15.8 Å². The Labute approximate surface area is 192 Å². The normalized spacial score (nSPS) is 17.8. The summed E-state index contributed by atoms with van der Waals surface area (Å²) in [6.45, 7) is 0. The lowest BCUT2D eigenvalue weighted by atomic mass is 9.95. The van der Waals surface area contributed by atoms with Crippen molar-refractivity contribution in [1.29, 1.82) is 0 Å². The predicted octanol–water partition coefficient (Wildman–Crippen LogP) is 5.05. The van der Waals surface area contributed by atoms with E-state index in [0.29, 0.717) is 5.75 Å². The number of rotatable bonds is 4. The fourth-order valence-electron chi connectivity index (χ4n) is 3.85. The number of nitrogens with zero attached hydrogens (tertiary/aromatic N) is 1. The van der Waals surface area contributed by atoms with Crippen LogP contribution in [0.1, 0.15) is 22.7 Å². The molecule has 0 aliphatic carbocycles. The van der Waals surface area contributed by atoms with Gasteiger partial charge in [-0.3, -0.25) is 14.5 Å². The lowest BCUT2D eigenvalue weighted by molar-refractivity contribution is -0.137. The van der Waals surface area contributed by atoms with Crippen LogP contribution in [-0.4, -0.2) is 29.0 Å². The maximum atomic E-state index is 13.1. The number of amides is 1. The molecule has 1 heterocycles. The van der Waals surface area contributed by atoms with Crippen molar-refractivity contribution < 1.29 is 37.7 Å². The molecule has 1 atom stereocenters. The highest BCUT2D eigenvalue weighted by Gasteiger charge is 2.47. The van der Waals surface area contributed by atoms with Gasteiger partial charge in [0.05, 0.1) is 24.3 Å². The lowest BCUT2D eigenvalue weighted by Crippen LogP contribution is -2.29. The van der Waals surface area contributed by atoms with Gasteiger partial charge in [0, 0.05) is 11.3 Å². The Balaban J connectivity index is 1.91. The van der Waals surface area contributed by atoms with E-state index in [-0.39, 0.29) is 28.1 Å². The van der Waals surface area contributed by atoms with E-state index in [4.69, 9.17) is 4.74 Å². The summed E-state index contributed by atoms with van der Waals surface area (Å²) in [4.78, 5) is 27.1. The summed E-state index contributed by atoms with van der Waals surface area (Å²) in [5, 5.41) is 21.0. The first-order valence-electron chi connectivity index (χ1n) is 10.0. The van der Waals surface area contributed by atoms with Crippen LogP contribution in [0.4, 0.5) is 18.9 Å². The zero-order valence-electron chi connectivity index (χ0n) is 17.7. The summed E-state index contributed by atoms with van der Waals surface area (Å²) in [6.07, 6.45) is -4.58. The van der Waals surface area contributed by atoms with Crippen molar-refractivity contribution in [3.05, 3.63) is 95.1 Å². The number of aliphatic hydroxyl groups is 1. The van der Waals surface area contributed by atoms with Crippen molar-refractivity contribution >= 4 is 23.1 Å². The molecule has 2 N–H and O–H groups in total. The highest BCUT2D eigenvalue weighted by molar-refractivity contribution is 6.51. The molecule has 6 nitrogen and oxygen atoms in total. The number of hydrogen-bond acceptors (Lipinski definition) is 5. The zero-order chi connectivity index (χ0) is 24.6. The molecule has 0 aromatic heterocycles. The van der Waals surface area contributed by atoms with E-state index < -0.39 is 35.2 Å².